The molecule has 96 valence electrons. The van der Waals surface area contributed by atoms with Crippen molar-refractivity contribution in [2.45, 2.75) is 0 Å². The number of carboxylic acids is 1. The molecule has 2 aromatic heterocycles. The zero-order valence-corrected chi connectivity index (χ0v) is 9.75. The number of nitrogens with zero attached hydrogens (tertiary/aromatic N) is 3. The van der Waals surface area contributed by atoms with Gasteiger partial charge in [-0.3, -0.25) is 0 Å². The predicted molar refractivity (Wildman–Crippen MR) is 64.7 cm³/mol. The Kier molecular flexibility index (Phi) is 3.28. The number of carboxylic acid groups (broad SMARTS) is 1. The van der Waals surface area contributed by atoms with Crippen LogP contribution in [0.1, 0.15) is 10.4 Å². The predicted octanol–water partition coefficient (Wildman–Crippen LogP) is 0.0680. The van der Waals surface area contributed by atoms with E-state index in [9.17, 15) is 4.79 Å². The van der Waals surface area contributed by atoms with E-state index in [0.29, 0.717) is 24.5 Å². The number of aromatic carboxylic acids is 1. The molecular weight excluding hydrogens is 238 g/mol. The van der Waals surface area contributed by atoms with Gasteiger partial charge in [-0.05, 0) is 6.07 Å². The van der Waals surface area contributed by atoms with E-state index in [1.807, 2.05) is 0 Å². The summed E-state index contributed by atoms with van der Waals surface area (Å²) in [5.41, 5.74) is 6.41. The van der Waals surface area contributed by atoms with E-state index in [2.05, 4.69) is 15.4 Å². The van der Waals surface area contributed by atoms with Crippen molar-refractivity contribution in [1.29, 1.82) is 0 Å². The molecule has 8 heteroatoms. The summed E-state index contributed by atoms with van der Waals surface area (Å²) in [5.74, 6) is -0.945. The number of hydrogen-bond acceptors (Lipinski definition) is 6. The van der Waals surface area contributed by atoms with Crippen molar-refractivity contribution in [2.75, 3.05) is 31.3 Å². The van der Waals surface area contributed by atoms with Gasteiger partial charge in [-0.1, -0.05) is 0 Å². The minimum absolute atomic E-state index is 0.0976. The molecule has 0 bridgehead atoms. The van der Waals surface area contributed by atoms with Crippen LogP contribution in [0.5, 0.6) is 0 Å². The Balaban J connectivity index is 2.40. The largest absolute Gasteiger partial charge is 0.478 e. The van der Waals surface area contributed by atoms with Gasteiger partial charge in [-0.2, -0.15) is 4.98 Å². The van der Waals surface area contributed by atoms with Crippen molar-refractivity contribution in [2.24, 2.45) is 0 Å². The molecule has 0 aliphatic rings. The average molecular weight is 251 g/mol. The molecule has 0 aliphatic heterocycles. The van der Waals surface area contributed by atoms with Crippen molar-refractivity contribution in [3.05, 3.63) is 17.8 Å². The van der Waals surface area contributed by atoms with E-state index >= 15 is 0 Å². The maximum atomic E-state index is 11.1. The minimum atomic E-state index is -1.04. The molecule has 0 aromatic carbocycles. The lowest BCUT2D eigenvalue weighted by Gasteiger charge is -2.09. The summed E-state index contributed by atoms with van der Waals surface area (Å²) < 4.78 is 6.32. The smallest absolute Gasteiger partial charge is 0.337 e. The molecule has 2 heterocycles. The Morgan fingerprint density at radius 1 is 1.67 bits per heavy atom. The Morgan fingerprint density at radius 3 is 3.11 bits per heavy atom. The van der Waals surface area contributed by atoms with Gasteiger partial charge in [0, 0.05) is 13.7 Å². The number of nitrogens with one attached hydrogen (secondary N) is 1. The van der Waals surface area contributed by atoms with Gasteiger partial charge in [-0.25, -0.2) is 9.31 Å². The molecule has 0 saturated heterocycles. The number of carbonyl (C=O) groups is 1. The first-order chi connectivity index (χ1) is 8.61. The zero-order chi connectivity index (χ0) is 13.1. The number of nitrogens with two attached hydrogens (primary N) is 1. The number of ether oxygens (including phenoxy) is 1. The first-order valence-corrected chi connectivity index (χ1v) is 5.24. The number of aromatic nitrogens is 3. The highest BCUT2D eigenvalue weighted by molar-refractivity contribution is 5.95. The third-order valence-electron chi connectivity index (χ3n) is 2.34. The van der Waals surface area contributed by atoms with E-state index in [4.69, 9.17) is 15.6 Å². The summed E-state index contributed by atoms with van der Waals surface area (Å²) in [7, 11) is 1.57. The maximum absolute atomic E-state index is 11.1. The fourth-order valence-corrected chi connectivity index (χ4v) is 1.55. The molecule has 0 spiro atoms. The third kappa shape index (κ3) is 2.33. The first-order valence-electron chi connectivity index (χ1n) is 5.24. The zero-order valence-electron chi connectivity index (χ0n) is 9.75. The molecule has 2 aromatic rings. The molecule has 0 amide bonds. The van der Waals surface area contributed by atoms with Crippen molar-refractivity contribution < 1.29 is 14.6 Å². The standard InChI is InChI=1S/C10H13N5O3/c1-18-3-2-12-7-5-15-8(13-10(11)14-15)4-6(7)9(16)17/h4-5,12H,2-3H2,1H3,(H2,11,14)(H,16,17). The van der Waals surface area contributed by atoms with Crippen molar-refractivity contribution in [1.82, 2.24) is 14.6 Å². The molecule has 0 fully saturated rings. The lowest BCUT2D eigenvalue weighted by Crippen LogP contribution is -2.12. The van der Waals surface area contributed by atoms with Crippen LogP contribution >= 0.6 is 0 Å². The van der Waals surface area contributed by atoms with E-state index in [0.717, 1.165) is 0 Å². The summed E-state index contributed by atoms with van der Waals surface area (Å²) in [6.07, 6.45) is 1.54. The van der Waals surface area contributed by atoms with Crippen LogP contribution in [0.25, 0.3) is 5.65 Å². The molecule has 2 rings (SSSR count). The van der Waals surface area contributed by atoms with Crippen molar-refractivity contribution >= 4 is 23.3 Å². The SMILES string of the molecule is COCCNc1cn2nc(N)nc2cc1C(=O)O. The fourth-order valence-electron chi connectivity index (χ4n) is 1.55. The summed E-state index contributed by atoms with van der Waals surface area (Å²) in [5, 5.41) is 16.0. The van der Waals surface area contributed by atoms with Crippen LogP contribution in [-0.2, 0) is 4.74 Å². The molecule has 0 atom stereocenters. The number of fused-ring (bicyclic) bond motifs is 1. The number of nitrogen functional groups attached to an aromatic ring is 1. The second-order valence-corrected chi connectivity index (χ2v) is 3.60. The van der Waals surface area contributed by atoms with Crippen LogP contribution in [0, 0.1) is 0 Å². The van der Waals surface area contributed by atoms with Crippen LogP contribution in [0.4, 0.5) is 11.6 Å². The molecule has 0 aliphatic carbocycles. The average Bonchev–Trinajstić information content (AvgIpc) is 2.67. The molecule has 0 saturated carbocycles. The highest BCUT2D eigenvalue weighted by atomic mass is 16.5. The van der Waals surface area contributed by atoms with Crippen LogP contribution in [-0.4, -0.2) is 45.9 Å². The molecule has 0 unspecified atom stereocenters. The lowest BCUT2D eigenvalue weighted by atomic mass is 10.2. The Labute approximate surface area is 102 Å². The lowest BCUT2D eigenvalue weighted by molar-refractivity contribution is 0.0698. The van der Waals surface area contributed by atoms with E-state index in [1.54, 1.807) is 7.11 Å². The van der Waals surface area contributed by atoms with Crippen LogP contribution in [0.3, 0.4) is 0 Å². The maximum Gasteiger partial charge on any atom is 0.337 e. The highest BCUT2D eigenvalue weighted by Gasteiger charge is 2.13. The van der Waals surface area contributed by atoms with Crippen molar-refractivity contribution in [3.63, 3.8) is 0 Å². The van der Waals surface area contributed by atoms with Gasteiger partial charge in [0.25, 0.3) is 0 Å². The molecule has 18 heavy (non-hydrogen) atoms. The summed E-state index contributed by atoms with van der Waals surface area (Å²) >= 11 is 0. The summed E-state index contributed by atoms with van der Waals surface area (Å²) in [6, 6.07) is 1.42. The summed E-state index contributed by atoms with van der Waals surface area (Å²) in [4.78, 5) is 15.1. The van der Waals surface area contributed by atoms with Gasteiger partial charge in [-0.15, -0.1) is 5.10 Å². The number of pyridine rings is 1. The van der Waals surface area contributed by atoms with Crippen LogP contribution in [0.2, 0.25) is 0 Å². The van der Waals surface area contributed by atoms with Crippen LogP contribution < -0.4 is 11.1 Å². The van der Waals surface area contributed by atoms with E-state index in [1.165, 1.54) is 16.8 Å². The third-order valence-corrected chi connectivity index (χ3v) is 2.34. The fraction of sp³-hybridized carbons (Fsp3) is 0.300. The van der Waals surface area contributed by atoms with Gasteiger partial charge in [0.1, 0.15) is 0 Å². The van der Waals surface area contributed by atoms with Gasteiger partial charge >= 0.3 is 5.97 Å². The van der Waals surface area contributed by atoms with Crippen LogP contribution in [0.15, 0.2) is 12.3 Å². The van der Waals surface area contributed by atoms with Crippen molar-refractivity contribution in [3.8, 4) is 0 Å². The molecule has 0 radical (unpaired) electrons. The summed E-state index contributed by atoms with van der Waals surface area (Å²) in [6.45, 7) is 0.961. The monoisotopic (exact) mass is 251 g/mol. The van der Waals surface area contributed by atoms with E-state index < -0.39 is 5.97 Å². The number of hydrogen-bond donors (Lipinski definition) is 3. The minimum Gasteiger partial charge on any atom is -0.478 e. The quantitative estimate of drug-likeness (QED) is 0.644. The van der Waals surface area contributed by atoms with Gasteiger partial charge < -0.3 is 20.9 Å². The second-order valence-electron chi connectivity index (χ2n) is 3.60. The second kappa shape index (κ2) is 4.88. The van der Waals surface area contributed by atoms with Gasteiger partial charge in [0.15, 0.2) is 5.65 Å². The normalized spacial score (nSPS) is 10.7. The highest BCUT2D eigenvalue weighted by Crippen LogP contribution is 2.17. The Bertz CT molecular complexity index is 580. The molecular formula is C10H13N5O3. The van der Waals surface area contributed by atoms with E-state index in [-0.39, 0.29) is 11.5 Å². The topological polar surface area (TPSA) is 115 Å². The van der Waals surface area contributed by atoms with Gasteiger partial charge in [0.05, 0.1) is 24.1 Å². The Morgan fingerprint density at radius 2 is 2.44 bits per heavy atom. The first kappa shape index (κ1) is 12.1. The molecule has 8 nitrogen and oxygen atoms in total. The number of anilines is 2. The molecule has 4 N–H and O–H groups in total. The Hall–Kier alpha value is -2.35. The number of methoxy groups -OCH3 is 1. The van der Waals surface area contributed by atoms with Gasteiger partial charge in [0.2, 0.25) is 5.95 Å². The number of rotatable bonds is 5.